The zero-order valence-corrected chi connectivity index (χ0v) is 12.8. The Balaban J connectivity index is 2.49. The van der Waals surface area contributed by atoms with Crippen molar-refractivity contribution < 1.29 is 9.90 Å². The Morgan fingerprint density at radius 3 is 2.52 bits per heavy atom. The van der Waals surface area contributed by atoms with Gasteiger partial charge in [0.25, 0.3) is 0 Å². The molecule has 0 spiro atoms. The van der Waals surface area contributed by atoms with Gasteiger partial charge in [-0.25, -0.2) is 4.79 Å². The number of halogens is 1. The number of carboxylic acid groups (broad SMARTS) is 1. The van der Waals surface area contributed by atoms with Crippen LogP contribution < -0.4 is 5.32 Å². The van der Waals surface area contributed by atoms with Crippen molar-refractivity contribution in [3.63, 3.8) is 0 Å². The Hall–Kier alpha value is -2.00. The van der Waals surface area contributed by atoms with Gasteiger partial charge in [-0.05, 0) is 48.7 Å². The second-order valence-electron chi connectivity index (χ2n) is 5.07. The molecule has 0 aromatic heterocycles. The van der Waals surface area contributed by atoms with Gasteiger partial charge in [0.2, 0.25) is 0 Å². The van der Waals surface area contributed by atoms with E-state index in [1.165, 1.54) is 0 Å². The molecule has 2 aromatic carbocycles. The van der Waals surface area contributed by atoms with Gasteiger partial charge in [-0.2, -0.15) is 0 Å². The summed E-state index contributed by atoms with van der Waals surface area (Å²) in [5.41, 5.74) is 1.30. The molecule has 0 radical (unpaired) electrons. The van der Waals surface area contributed by atoms with E-state index in [9.17, 15) is 9.90 Å². The average molecular weight is 304 g/mol. The summed E-state index contributed by atoms with van der Waals surface area (Å²) in [6.45, 7) is 3.82. The van der Waals surface area contributed by atoms with Gasteiger partial charge in [0.05, 0.1) is 0 Å². The first-order chi connectivity index (χ1) is 9.98. The smallest absolute Gasteiger partial charge is 0.334 e. The third-order valence-corrected chi connectivity index (χ3v) is 3.82. The Morgan fingerprint density at radius 2 is 1.95 bits per heavy atom. The van der Waals surface area contributed by atoms with Crippen LogP contribution >= 0.6 is 11.6 Å². The van der Waals surface area contributed by atoms with Gasteiger partial charge in [0.15, 0.2) is 5.54 Å². The van der Waals surface area contributed by atoms with E-state index in [2.05, 4.69) is 5.32 Å². The van der Waals surface area contributed by atoms with Gasteiger partial charge >= 0.3 is 5.97 Å². The maximum atomic E-state index is 11.9. The largest absolute Gasteiger partial charge is 0.479 e. The second-order valence-corrected chi connectivity index (χ2v) is 5.51. The maximum absolute atomic E-state index is 11.9. The lowest BCUT2D eigenvalue weighted by Gasteiger charge is -2.31. The van der Waals surface area contributed by atoms with Gasteiger partial charge in [0, 0.05) is 10.7 Å². The summed E-state index contributed by atoms with van der Waals surface area (Å²) in [4.78, 5) is 11.9. The predicted octanol–water partition coefficient (Wildman–Crippen LogP) is 4.45. The number of hydrogen-bond donors (Lipinski definition) is 2. The van der Waals surface area contributed by atoms with Crippen molar-refractivity contribution >= 4 is 23.3 Å². The van der Waals surface area contributed by atoms with E-state index in [1.807, 2.05) is 38.1 Å². The molecule has 0 fully saturated rings. The molecule has 0 bridgehead atoms. The van der Waals surface area contributed by atoms with Crippen molar-refractivity contribution in [1.29, 1.82) is 0 Å². The fourth-order valence-electron chi connectivity index (χ4n) is 2.42. The molecule has 0 aliphatic carbocycles. The van der Waals surface area contributed by atoms with E-state index in [0.29, 0.717) is 17.0 Å². The normalized spacial score (nSPS) is 13.5. The lowest BCUT2D eigenvalue weighted by molar-refractivity contribution is -0.142. The number of benzene rings is 2. The van der Waals surface area contributed by atoms with Gasteiger partial charge in [-0.1, -0.05) is 42.8 Å². The molecule has 0 saturated heterocycles. The van der Waals surface area contributed by atoms with Crippen LogP contribution in [-0.2, 0) is 10.3 Å². The molecule has 110 valence electrons. The van der Waals surface area contributed by atoms with Crippen molar-refractivity contribution in [1.82, 2.24) is 0 Å². The molecule has 0 saturated carbocycles. The molecule has 3 nitrogen and oxygen atoms in total. The highest BCUT2D eigenvalue weighted by Gasteiger charge is 2.38. The number of aryl methyl sites for hydroxylation is 1. The Labute approximate surface area is 129 Å². The van der Waals surface area contributed by atoms with Crippen LogP contribution in [0.15, 0.2) is 48.5 Å². The van der Waals surface area contributed by atoms with Gasteiger partial charge in [-0.15, -0.1) is 0 Å². The third kappa shape index (κ3) is 3.19. The minimum absolute atomic E-state index is 0.399. The highest BCUT2D eigenvalue weighted by molar-refractivity contribution is 6.30. The lowest BCUT2D eigenvalue weighted by atomic mass is 9.86. The van der Waals surface area contributed by atoms with E-state index in [4.69, 9.17) is 11.6 Å². The molecule has 0 amide bonds. The number of hydrogen-bond acceptors (Lipinski definition) is 2. The van der Waals surface area contributed by atoms with E-state index >= 15 is 0 Å². The van der Waals surface area contributed by atoms with E-state index in [1.54, 1.807) is 24.3 Å². The number of nitrogens with one attached hydrogen (secondary N) is 1. The zero-order chi connectivity index (χ0) is 15.5. The molecule has 0 heterocycles. The van der Waals surface area contributed by atoms with E-state index in [0.717, 1.165) is 11.3 Å². The van der Waals surface area contributed by atoms with Crippen molar-refractivity contribution in [2.75, 3.05) is 5.32 Å². The summed E-state index contributed by atoms with van der Waals surface area (Å²) in [5, 5.41) is 13.5. The van der Waals surface area contributed by atoms with Crippen molar-refractivity contribution in [2.45, 2.75) is 25.8 Å². The first-order valence-electron chi connectivity index (χ1n) is 6.82. The van der Waals surface area contributed by atoms with Crippen LogP contribution in [0, 0.1) is 6.92 Å². The van der Waals surface area contributed by atoms with Crippen LogP contribution in [-0.4, -0.2) is 11.1 Å². The predicted molar refractivity (Wildman–Crippen MR) is 85.9 cm³/mol. The number of anilines is 1. The molecule has 0 aliphatic heterocycles. The molecule has 1 unspecified atom stereocenters. The Kier molecular flexibility index (Phi) is 4.53. The van der Waals surface area contributed by atoms with Crippen molar-refractivity contribution in [3.8, 4) is 0 Å². The van der Waals surface area contributed by atoms with Crippen LogP contribution in [0.3, 0.4) is 0 Å². The number of rotatable bonds is 5. The molecule has 4 heteroatoms. The highest BCUT2D eigenvalue weighted by Crippen LogP contribution is 2.32. The third-order valence-electron chi connectivity index (χ3n) is 3.59. The fraction of sp³-hybridized carbons (Fsp3) is 0.235. The maximum Gasteiger partial charge on any atom is 0.334 e. The molecule has 2 N–H and O–H groups in total. The van der Waals surface area contributed by atoms with Gasteiger partial charge in [0.1, 0.15) is 0 Å². The average Bonchev–Trinajstić information content (AvgIpc) is 2.44. The second kappa shape index (κ2) is 6.19. The van der Waals surface area contributed by atoms with Crippen LogP contribution in [0.2, 0.25) is 5.02 Å². The standard InChI is InChI=1S/C17H18ClNO2/c1-3-17(16(20)21,13-7-5-8-14(18)11-13)19-15-9-4-6-12(2)10-15/h4-11,19H,3H2,1-2H3,(H,20,21). The Morgan fingerprint density at radius 1 is 1.24 bits per heavy atom. The van der Waals surface area contributed by atoms with Crippen LogP contribution in [0.1, 0.15) is 24.5 Å². The topological polar surface area (TPSA) is 49.3 Å². The lowest BCUT2D eigenvalue weighted by Crippen LogP contribution is -2.43. The summed E-state index contributed by atoms with van der Waals surface area (Å²) in [7, 11) is 0. The van der Waals surface area contributed by atoms with Crippen LogP contribution in [0.4, 0.5) is 5.69 Å². The van der Waals surface area contributed by atoms with E-state index < -0.39 is 11.5 Å². The molecular formula is C17H18ClNO2. The molecule has 0 aliphatic rings. The first kappa shape index (κ1) is 15.4. The Bertz CT molecular complexity index is 657. The highest BCUT2D eigenvalue weighted by atomic mass is 35.5. The first-order valence-corrected chi connectivity index (χ1v) is 7.20. The molecule has 2 aromatic rings. The van der Waals surface area contributed by atoms with Crippen molar-refractivity contribution in [2.24, 2.45) is 0 Å². The molecule has 1 atom stereocenters. The SMILES string of the molecule is CCC(Nc1cccc(C)c1)(C(=O)O)c1cccc(Cl)c1. The van der Waals surface area contributed by atoms with Gasteiger partial charge < -0.3 is 10.4 Å². The molecule has 21 heavy (non-hydrogen) atoms. The monoisotopic (exact) mass is 303 g/mol. The zero-order valence-electron chi connectivity index (χ0n) is 12.1. The minimum atomic E-state index is -1.20. The summed E-state index contributed by atoms with van der Waals surface area (Å²) < 4.78 is 0. The van der Waals surface area contributed by atoms with Crippen molar-refractivity contribution in [3.05, 3.63) is 64.7 Å². The summed E-state index contributed by atoms with van der Waals surface area (Å²) in [6, 6.07) is 14.6. The van der Waals surface area contributed by atoms with Gasteiger partial charge in [-0.3, -0.25) is 0 Å². The van der Waals surface area contributed by atoms with Crippen LogP contribution in [0.5, 0.6) is 0 Å². The summed E-state index contributed by atoms with van der Waals surface area (Å²) >= 11 is 6.02. The van der Waals surface area contributed by atoms with E-state index in [-0.39, 0.29) is 0 Å². The number of carboxylic acids is 1. The fourth-order valence-corrected chi connectivity index (χ4v) is 2.61. The number of carbonyl (C=O) groups is 1. The minimum Gasteiger partial charge on any atom is -0.479 e. The molecule has 2 rings (SSSR count). The summed E-state index contributed by atoms with van der Waals surface area (Å²) in [6.07, 6.45) is 0.399. The van der Waals surface area contributed by atoms with Crippen LogP contribution in [0.25, 0.3) is 0 Å². The summed E-state index contributed by atoms with van der Waals surface area (Å²) in [5.74, 6) is -0.922. The molecular weight excluding hydrogens is 286 g/mol. The quantitative estimate of drug-likeness (QED) is 0.858. The number of aliphatic carboxylic acids is 1.